The fourth-order valence-electron chi connectivity index (χ4n) is 0.812. The molecule has 0 aromatic carbocycles. The normalized spacial score (nSPS) is 21.9. The minimum Gasteiger partial charge on any atom is -0.482 e. The molecule has 0 bridgehead atoms. The fourth-order valence-corrected chi connectivity index (χ4v) is 0.812. The highest BCUT2D eigenvalue weighted by Gasteiger charge is 2.32. The molecular formula is C7H11NO2. The van der Waals surface area contributed by atoms with Crippen molar-refractivity contribution in [1.29, 1.82) is 0 Å². The summed E-state index contributed by atoms with van der Waals surface area (Å²) in [5, 5.41) is 2.59. The van der Waals surface area contributed by atoms with Crippen molar-refractivity contribution in [3.05, 3.63) is 12.0 Å². The van der Waals surface area contributed by atoms with Gasteiger partial charge in [-0.3, -0.25) is 10.1 Å². The molecule has 10 heavy (non-hydrogen) atoms. The van der Waals surface area contributed by atoms with E-state index in [0.717, 1.165) is 0 Å². The monoisotopic (exact) mass is 141 g/mol. The van der Waals surface area contributed by atoms with E-state index in [1.54, 1.807) is 6.08 Å². The summed E-state index contributed by atoms with van der Waals surface area (Å²) in [7, 11) is 1.54. The number of ether oxygens (including phenoxy) is 1. The van der Waals surface area contributed by atoms with Gasteiger partial charge in [0.05, 0.1) is 12.5 Å². The highest BCUT2D eigenvalue weighted by atomic mass is 16.5. The molecule has 0 spiro atoms. The number of carbonyl (C=O) groups excluding carboxylic acids is 1. The van der Waals surface area contributed by atoms with Crippen LogP contribution in [0.25, 0.3) is 0 Å². The van der Waals surface area contributed by atoms with Gasteiger partial charge in [0.2, 0.25) is 5.91 Å². The molecule has 1 heterocycles. The zero-order chi connectivity index (χ0) is 7.78. The van der Waals surface area contributed by atoms with Crippen molar-refractivity contribution in [3.8, 4) is 0 Å². The van der Waals surface area contributed by atoms with Crippen LogP contribution in [-0.4, -0.2) is 13.0 Å². The Morgan fingerprint density at radius 1 is 1.60 bits per heavy atom. The first kappa shape index (κ1) is 7.12. The van der Waals surface area contributed by atoms with Crippen LogP contribution < -0.4 is 5.32 Å². The van der Waals surface area contributed by atoms with Crippen LogP contribution in [0.5, 0.6) is 0 Å². The third-order valence-corrected chi connectivity index (χ3v) is 1.53. The van der Waals surface area contributed by atoms with Gasteiger partial charge in [-0.25, -0.2) is 0 Å². The minimum atomic E-state index is -0.411. The summed E-state index contributed by atoms with van der Waals surface area (Å²) in [4.78, 5) is 11.0. The summed E-state index contributed by atoms with van der Waals surface area (Å²) in [5.74, 6) is 0.541. The number of carbonyl (C=O) groups is 1. The Morgan fingerprint density at radius 2 is 2.20 bits per heavy atom. The third-order valence-electron chi connectivity index (χ3n) is 1.53. The lowest BCUT2D eigenvalue weighted by molar-refractivity contribution is -0.125. The number of hydrogen-bond donors (Lipinski definition) is 1. The van der Waals surface area contributed by atoms with Gasteiger partial charge in [-0.05, 0) is 19.9 Å². The van der Waals surface area contributed by atoms with E-state index in [1.807, 2.05) is 13.8 Å². The molecule has 1 rings (SSSR count). The van der Waals surface area contributed by atoms with Gasteiger partial charge in [-0.2, -0.15) is 0 Å². The number of methoxy groups -OCH3 is 1. The Kier molecular flexibility index (Phi) is 1.43. The molecule has 1 aliphatic heterocycles. The summed E-state index contributed by atoms with van der Waals surface area (Å²) >= 11 is 0. The van der Waals surface area contributed by atoms with Crippen LogP contribution in [0.2, 0.25) is 0 Å². The quantitative estimate of drug-likeness (QED) is 0.581. The second-order valence-electron chi connectivity index (χ2n) is 2.89. The molecule has 0 radical (unpaired) electrons. The van der Waals surface area contributed by atoms with Gasteiger partial charge < -0.3 is 4.74 Å². The van der Waals surface area contributed by atoms with Crippen molar-refractivity contribution in [2.24, 2.45) is 5.41 Å². The zero-order valence-electron chi connectivity index (χ0n) is 6.39. The van der Waals surface area contributed by atoms with Gasteiger partial charge in [0, 0.05) is 0 Å². The molecule has 0 saturated carbocycles. The van der Waals surface area contributed by atoms with E-state index < -0.39 is 5.41 Å². The van der Waals surface area contributed by atoms with E-state index >= 15 is 0 Å². The molecule has 0 unspecified atom stereocenters. The molecule has 0 aliphatic carbocycles. The lowest BCUT2D eigenvalue weighted by atomic mass is 9.95. The summed E-state index contributed by atoms with van der Waals surface area (Å²) < 4.78 is 4.85. The Balaban J connectivity index is 2.81. The van der Waals surface area contributed by atoms with Crippen molar-refractivity contribution in [3.63, 3.8) is 0 Å². The predicted molar refractivity (Wildman–Crippen MR) is 37.0 cm³/mol. The Labute approximate surface area is 60.1 Å². The molecule has 0 atom stereocenters. The highest BCUT2D eigenvalue weighted by Crippen LogP contribution is 2.24. The number of amides is 1. The number of rotatable bonds is 1. The molecule has 0 aromatic rings. The topological polar surface area (TPSA) is 38.3 Å². The molecule has 0 fully saturated rings. The third kappa shape index (κ3) is 0.988. The highest BCUT2D eigenvalue weighted by molar-refractivity contribution is 5.87. The molecule has 3 heteroatoms. The molecule has 1 N–H and O–H groups in total. The van der Waals surface area contributed by atoms with E-state index in [0.29, 0.717) is 5.88 Å². The SMILES string of the molecule is COC1=CC(C)(C)C(=O)N1. The van der Waals surface area contributed by atoms with Crippen LogP contribution in [0.3, 0.4) is 0 Å². The molecule has 1 aliphatic rings. The average molecular weight is 141 g/mol. The number of nitrogens with one attached hydrogen (secondary N) is 1. The van der Waals surface area contributed by atoms with Crippen LogP contribution in [0.15, 0.2) is 12.0 Å². The second kappa shape index (κ2) is 2.01. The first-order valence-corrected chi connectivity index (χ1v) is 3.14. The van der Waals surface area contributed by atoms with E-state index in [9.17, 15) is 4.79 Å². The van der Waals surface area contributed by atoms with Gasteiger partial charge in [-0.15, -0.1) is 0 Å². The lowest BCUT2D eigenvalue weighted by Crippen LogP contribution is -2.27. The first-order chi connectivity index (χ1) is 4.56. The van der Waals surface area contributed by atoms with Gasteiger partial charge in [0.15, 0.2) is 5.88 Å². The van der Waals surface area contributed by atoms with Gasteiger partial charge in [-0.1, -0.05) is 0 Å². The largest absolute Gasteiger partial charge is 0.482 e. The van der Waals surface area contributed by atoms with Crippen LogP contribution >= 0.6 is 0 Å². The Bertz CT molecular complexity index is 194. The molecule has 56 valence electrons. The summed E-state index contributed by atoms with van der Waals surface area (Å²) in [6.07, 6.45) is 1.77. The summed E-state index contributed by atoms with van der Waals surface area (Å²) in [5.41, 5.74) is -0.411. The van der Waals surface area contributed by atoms with Crippen LogP contribution in [0.4, 0.5) is 0 Å². The second-order valence-corrected chi connectivity index (χ2v) is 2.89. The van der Waals surface area contributed by atoms with Crippen LogP contribution in [-0.2, 0) is 9.53 Å². The van der Waals surface area contributed by atoms with Crippen molar-refractivity contribution in [1.82, 2.24) is 5.32 Å². The Morgan fingerprint density at radius 3 is 2.40 bits per heavy atom. The summed E-state index contributed by atoms with van der Waals surface area (Å²) in [6, 6.07) is 0. The van der Waals surface area contributed by atoms with E-state index in [2.05, 4.69) is 5.32 Å². The van der Waals surface area contributed by atoms with E-state index in [4.69, 9.17) is 4.74 Å². The molecular weight excluding hydrogens is 130 g/mol. The van der Waals surface area contributed by atoms with Crippen molar-refractivity contribution >= 4 is 5.91 Å². The summed E-state index contributed by atoms with van der Waals surface area (Å²) in [6.45, 7) is 3.68. The maximum Gasteiger partial charge on any atom is 0.236 e. The molecule has 1 amide bonds. The molecule has 0 saturated heterocycles. The molecule has 3 nitrogen and oxygen atoms in total. The maximum atomic E-state index is 11.0. The van der Waals surface area contributed by atoms with Crippen molar-refractivity contribution in [2.45, 2.75) is 13.8 Å². The maximum absolute atomic E-state index is 11.0. The van der Waals surface area contributed by atoms with Gasteiger partial charge >= 0.3 is 0 Å². The van der Waals surface area contributed by atoms with Crippen LogP contribution in [0.1, 0.15) is 13.8 Å². The zero-order valence-corrected chi connectivity index (χ0v) is 6.39. The van der Waals surface area contributed by atoms with Crippen molar-refractivity contribution in [2.75, 3.05) is 7.11 Å². The number of hydrogen-bond acceptors (Lipinski definition) is 2. The molecule has 0 aromatic heterocycles. The average Bonchev–Trinajstić information content (AvgIpc) is 2.08. The minimum absolute atomic E-state index is 0.00986. The first-order valence-electron chi connectivity index (χ1n) is 3.14. The van der Waals surface area contributed by atoms with Crippen LogP contribution in [0, 0.1) is 5.41 Å². The van der Waals surface area contributed by atoms with E-state index in [-0.39, 0.29) is 5.91 Å². The predicted octanol–water partition coefficient (Wildman–Crippen LogP) is 0.630. The standard InChI is InChI=1S/C7H11NO2/c1-7(2)4-5(10-3)8-6(7)9/h4H,1-3H3,(H,8,9). The van der Waals surface area contributed by atoms with Gasteiger partial charge in [0.25, 0.3) is 0 Å². The van der Waals surface area contributed by atoms with E-state index in [1.165, 1.54) is 7.11 Å². The smallest absolute Gasteiger partial charge is 0.236 e. The fraction of sp³-hybridized carbons (Fsp3) is 0.571. The Hall–Kier alpha value is -0.990. The van der Waals surface area contributed by atoms with Gasteiger partial charge in [0.1, 0.15) is 0 Å². The lowest BCUT2D eigenvalue weighted by Gasteiger charge is -2.08. The van der Waals surface area contributed by atoms with Crippen molar-refractivity contribution < 1.29 is 9.53 Å².